The van der Waals surface area contributed by atoms with Crippen LogP contribution in [0.25, 0.3) is 11.3 Å². The van der Waals surface area contributed by atoms with Gasteiger partial charge in [-0.05, 0) is 81.0 Å². The van der Waals surface area contributed by atoms with E-state index >= 15 is 0 Å². The highest BCUT2D eigenvalue weighted by atomic mass is 35.5. The van der Waals surface area contributed by atoms with Gasteiger partial charge in [-0.15, -0.1) is 0 Å². The fraction of sp³-hybridized carbons (Fsp3) is 0.543. The van der Waals surface area contributed by atoms with Crippen molar-refractivity contribution in [2.75, 3.05) is 51.8 Å². The van der Waals surface area contributed by atoms with Crippen LogP contribution in [-0.4, -0.2) is 113 Å². The smallest absolute Gasteiger partial charge is 0.240 e. The van der Waals surface area contributed by atoms with E-state index in [0.29, 0.717) is 61.4 Å². The summed E-state index contributed by atoms with van der Waals surface area (Å²) in [6.07, 6.45) is 8.21. The number of sulfone groups is 1. The highest BCUT2D eigenvalue weighted by molar-refractivity contribution is 7.91. The molecule has 0 unspecified atom stereocenters. The van der Waals surface area contributed by atoms with Gasteiger partial charge >= 0.3 is 0 Å². The molecule has 2 saturated heterocycles. The monoisotopic (exact) mass is 794 g/mol. The second-order valence-electron chi connectivity index (χ2n) is 14.0. The van der Waals surface area contributed by atoms with Crippen LogP contribution in [0.2, 0.25) is 5.02 Å². The van der Waals surface area contributed by atoms with Crippen molar-refractivity contribution >= 4 is 47.4 Å². The molecule has 3 aliphatic heterocycles. The third kappa shape index (κ3) is 9.08. The molecule has 1 aromatic heterocycles. The van der Waals surface area contributed by atoms with Crippen molar-refractivity contribution in [2.24, 2.45) is 0 Å². The molecule has 0 atom stereocenters. The van der Waals surface area contributed by atoms with E-state index in [1.54, 1.807) is 6.07 Å². The molecule has 0 aliphatic carbocycles. The molecule has 1 N–H and O–H groups in total. The van der Waals surface area contributed by atoms with E-state index in [-0.39, 0.29) is 22.9 Å². The SMILES string of the molecule is CS(=O)(=O)c1cccc(S(=O)(=O)NCCCc2cc(-c3nn(CCCN4CCC(N5CCCC5=O)CC4)c4c3CN(S(C)(=O)=O)CC4)ccc2Cl)c1. The van der Waals surface area contributed by atoms with Crippen LogP contribution >= 0.6 is 11.6 Å². The van der Waals surface area contributed by atoms with Gasteiger partial charge < -0.3 is 9.80 Å². The normalized spacial score (nSPS) is 18.3. The van der Waals surface area contributed by atoms with Gasteiger partial charge in [-0.3, -0.25) is 9.48 Å². The van der Waals surface area contributed by atoms with Gasteiger partial charge in [-0.25, -0.2) is 30.0 Å². The Balaban J connectivity index is 1.12. The van der Waals surface area contributed by atoms with Crippen LogP contribution in [-0.2, 0) is 60.6 Å². The van der Waals surface area contributed by atoms with Crippen LogP contribution in [0.1, 0.15) is 55.3 Å². The van der Waals surface area contributed by atoms with Crippen molar-refractivity contribution in [1.29, 1.82) is 0 Å². The molecule has 284 valence electrons. The minimum atomic E-state index is -3.94. The van der Waals surface area contributed by atoms with Gasteiger partial charge in [0, 0.05) is 92.8 Å². The zero-order chi connectivity index (χ0) is 37.3. The summed E-state index contributed by atoms with van der Waals surface area (Å²) in [4.78, 5) is 16.5. The number of fused-ring (bicyclic) bond motifs is 1. The number of carbonyl (C=O) groups is 1. The zero-order valence-electron chi connectivity index (χ0n) is 29.6. The molecule has 0 bridgehead atoms. The Morgan fingerprint density at radius 3 is 2.33 bits per heavy atom. The number of hydrogen-bond donors (Lipinski definition) is 1. The number of aromatic nitrogens is 2. The maximum Gasteiger partial charge on any atom is 0.240 e. The average Bonchev–Trinajstić information content (AvgIpc) is 3.70. The lowest BCUT2D eigenvalue weighted by molar-refractivity contribution is -0.130. The van der Waals surface area contributed by atoms with E-state index in [0.717, 1.165) is 86.6 Å². The number of piperidine rings is 1. The number of hydrogen-bond acceptors (Lipinski definition) is 9. The lowest BCUT2D eigenvalue weighted by Gasteiger charge is -2.36. The molecule has 13 nitrogen and oxygen atoms in total. The Bertz CT molecular complexity index is 2130. The van der Waals surface area contributed by atoms with Crippen molar-refractivity contribution in [3.05, 3.63) is 64.3 Å². The Kier molecular flexibility index (Phi) is 11.8. The molecule has 2 aromatic carbocycles. The van der Waals surface area contributed by atoms with Crippen LogP contribution in [0.5, 0.6) is 0 Å². The first-order valence-corrected chi connectivity index (χ1v) is 23.3. The molecule has 0 spiro atoms. The first kappa shape index (κ1) is 38.9. The highest BCUT2D eigenvalue weighted by Gasteiger charge is 2.32. The molecule has 3 aliphatic rings. The number of rotatable bonds is 14. The number of carbonyl (C=O) groups excluding carboxylic acids is 1. The molecule has 6 rings (SSSR count). The molecule has 4 heterocycles. The van der Waals surface area contributed by atoms with Crippen molar-refractivity contribution < 1.29 is 30.0 Å². The number of benzene rings is 2. The van der Waals surface area contributed by atoms with Crippen LogP contribution in [0, 0.1) is 0 Å². The average molecular weight is 795 g/mol. The van der Waals surface area contributed by atoms with Gasteiger partial charge in [0.15, 0.2) is 9.84 Å². The van der Waals surface area contributed by atoms with Gasteiger partial charge in [0.25, 0.3) is 0 Å². The van der Waals surface area contributed by atoms with Crippen molar-refractivity contribution in [3.63, 3.8) is 0 Å². The number of amides is 1. The summed E-state index contributed by atoms with van der Waals surface area (Å²) in [5, 5.41) is 5.57. The molecule has 0 radical (unpaired) electrons. The topological polar surface area (TPSA) is 159 Å². The maximum absolute atomic E-state index is 12.9. The predicted octanol–water partition coefficient (Wildman–Crippen LogP) is 3.31. The summed E-state index contributed by atoms with van der Waals surface area (Å²) >= 11 is 6.60. The Labute approximate surface area is 312 Å². The molecule has 17 heteroatoms. The molecular formula is C35H47ClN6O7S3. The highest BCUT2D eigenvalue weighted by Crippen LogP contribution is 2.33. The summed E-state index contributed by atoms with van der Waals surface area (Å²) in [6, 6.07) is 11.2. The van der Waals surface area contributed by atoms with Crippen LogP contribution in [0.15, 0.2) is 52.3 Å². The summed E-state index contributed by atoms with van der Waals surface area (Å²) < 4.78 is 80.8. The number of likely N-dealkylation sites (tertiary alicyclic amines) is 2. The standard InChI is InChI=1S/C35H47ClN6O7S3/c1-50(44,45)29-8-3-9-30(24-29)52(48,49)37-16-4-7-26-23-27(11-12-32(26)36)35-31-25-40(51(2,46)47)22-15-33(31)42(38-35)19-6-17-39-20-13-28(14-21-39)41-18-5-10-34(41)43/h3,8-9,11-12,23-24,28,37H,4-7,10,13-22,25H2,1-2H3. The minimum Gasteiger partial charge on any atom is -0.340 e. The Morgan fingerprint density at radius 1 is 0.885 bits per heavy atom. The Morgan fingerprint density at radius 2 is 1.63 bits per heavy atom. The quantitative estimate of drug-likeness (QED) is 0.242. The third-order valence-corrected chi connectivity index (χ3v) is 14.5. The second kappa shape index (κ2) is 15.9. The van der Waals surface area contributed by atoms with E-state index in [1.165, 1.54) is 28.8 Å². The summed E-state index contributed by atoms with van der Waals surface area (Å²) in [5.41, 5.74) is 4.23. The molecule has 52 heavy (non-hydrogen) atoms. The maximum atomic E-state index is 12.9. The van der Waals surface area contributed by atoms with Crippen molar-refractivity contribution in [1.82, 2.24) is 28.6 Å². The lowest BCUT2D eigenvalue weighted by atomic mass is 9.99. The van der Waals surface area contributed by atoms with Crippen LogP contribution in [0.3, 0.4) is 0 Å². The fourth-order valence-corrected chi connectivity index (χ4v) is 10.3. The summed E-state index contributed by atoms with van der Waals surface area (Å²) in [7, 11) is -10.9. The van der Waals surface area contributed by atoms with Crippen LogP contribution in [0.4, 0.5) is 0 Å². The first-order valence-electron chi connectivity index (χ1n) is 17.7. The number of aryl methyl sites for hydroxylation is 2. The van der Waals surface area contributed by atoms with Gasteiger partial charge in [0.1, 0.15) is 0 Å². The molecule has 2 fully saturated rings. The lowest BCUT2D eigenvalue weighted by Crippen LogP contribution is -2.45. The van der Waals surface area contributed by atoms with E-state index in [2.05, 4.69) is 14.5 Å². The number of sulfonamides is 2. The first-order chi connectivity index (χ1) is 24.6. The largest absolute Gasteiger partial charge is 0.340 e. The van der Waals surface area contributed by atoms with E-state index < -0.39 is 29.9 Å². The molecular weight excluding hydrogens is 748 g/mol. The van der Waals surface area contributed by atoms with Crippen molar-refractivity contribution in [2.45, 2.75) is 80.3 Å². The Hall–Kier alpha value is -2.86. The summed E-state index contributed by atoms with van der Waals surface area (Å²) in [5.74, 6) is 0.291. The molecule has 1 amide bonds. The molecule has 0 saturated carbocycles. The molecule has 3 aromatic rings. The second-order valence-corrected chi connectivity index (χ2v) is 20.2. The van der Waals surface area contributed by atoms with Gasteiger partial charge in [0.2, 0.25) is 26.0 Å². The van der Waals surface area contributed by atoms with Gasteiger partial charge in [-0.2, -0.15) is 9.40 Å². The third-order valence-electron chi connectivity index (χ3n) is 10.3. The summed E-state index contributed by atoms with van der Waals surface area (Å²) in [6.45, 7) is 5.14. The van der Waals surface area contributed by atoms with E-state index in [1.807, 2.05) is 16.8 Å². The number of halogens is 1. The van der Waals surface area contributed by atoms with Gasteiger partial charge in [0.05, 0.1) is 21.7 Å². The zero-order valence-corrected chi connectivity index (χ0v) is 32.8. The van der Waals surface area contributed by atoms with E-state index in [9.17, 15) is 30.0 Å². The minimum absolute atomic E-state index is 0.0733. The van der Waals surface area contributed by atoms with Gasteiger partial charge in [-0.1, -0.05) is 23.7 Å². The predicted molar refractivity (Wildman–Crippen MR) is 200 cm³/mol. The van der Waals surface area contributed by atoms with Crippen molar-refractivity contribution in [3.8, 4) is 11.3 Å². The van der Waals surface area contributed by atoms with Crippen LogP contribution < -0.4 is 4.72 Å². The number of nitrogens with one attached hydrogen (secondary N) is 1. The number of nitrogens with zero attached hydrogens (tertiary/aromatic N) is 5. The van der Waals surface area contributed by atoms with E-state index in [4.69, 9.17) is 16.7 Å². The fourth-order valence-electron chi connectivity index (χ4n) is 7.47.